The van der Waals surface area contributed by atoms with Gasteiger partial charge in [0.2, 0.25) is 0 Å². The summed E-state index contributed by atoms with van der Waals surface area (Å²) in [7, 11) is 2.22. The molecule has 1 aliphatic heterocycles. The molecule has 1 N–H and O–H groups in total. The van der Waals surface area contributed by atoms with Gasteiger partial charge in [0.15, 0.2) is 0 Å². The fourth-order valence-corrected chi connectivity index (χ4v) is 3.41. The maximum Gasteiger partial charge on any atom is 0.0547 e. The summed E-state index contributed by atoms with van der Waals surface area (Å²) in [6.07, 6.45) is 3.88. The number of hydrogen-bond donors (Lipinski definition) is 1. The van der Waals surface area contributed by atoms with Crippen LogP contribution in [0.2, 0.25) is 0 Å². The highest BCUT2D eigenvalue weighted by molar-refractivity contribution is 9.10. The molecule has 0 bridgehead atoms. The second-order valence-electron chi connectivity index (χ2n) is 6.76. The lowest BCUT2D eigenvalue weighted by Gasteiger charge is -2.32. The number of ether oxygens (including phenoxy) is 1. The Balaban J connectivity index is 1.55. The molecule has 1 unspecified atom stereocenters. The topological polar surface area (TPSA) is 24.5 Å². The number of benzene rings is 1. The van der Waals surface area contributed by atoms with E-state index in [1.54, 1.807) is 0 Å². The molecule has 3 nitrogen and oxygen atoms in total. The molecule has 3 rings (SSSR count). The van der Waals surface area contributed by atoms with Crippen LogP contribution in [0.25, 0.3) is 0 Å². The van der Waals surface area contributed by atoms with Gasteiger partial charge in [-0.15, -0.1) is 0 Å². The summed E-state index contributed by atoms with van der Waals surface area (Å²) >= 11 is 3.49. The molecular weight excluding hydrogens is 328 g/mol. The molecule has 1 aromatic carbocycles. The highest BCUT2D eigenvalue weighted by Gasteiger charge is 2.37. The fourth-order valence-electron chi connectivity index (χ4n) is 3.15. The number of rotatable bonds is 7. The van der Waals surface area contributed by atoms with Crippen LogP contribution in [0.5, 0.6) is 0 Å². The Morgan fingerprint density at radius 2 is 2.10 bits per heavy atom. The van der Waals surface area contributed by atoms with Crippen molar-refractivity contribution < 1.29 is 4.74 Å². The Labute approximate surface area is 136 Å². The first-order chi connectivity index (χ1) is 10.2. The van der Waals surface area contributed by atoms with Gasteiger partial charge in [0.1, 0.15) is 0 Å². The smallest absolute Gasteiger partial charge is 0.0547 e. The van der Waals surface area contributed by atoms with Crippen molar-refractivity contribution in [2.24, 2.45) is 5.41 Å². The summed E-state index contributed by atoms with van der Waals surface area (Å²) in [4.78, 5) is 2.44. The molecule has 1 saturated carbocycles. The number of halogens is 1. The zero-order valence-corrected chi connectivity index (χ0v) is 14.4. The molecule has 1 atom stereocenters. The Hall–Kier alpha value is -0.420. The summed E-state index contributed by atoms with van der Waals surface area (Å²) < 4.78 is 6.85. The summed E-state index contributed by atoms with van der Waals surface area (Å²) in [5, 5.41) is 3.70. The lowest BCUT2D eigenvalue weighted by Crippen LogP contribution is -2.44. The molecule has 21 heavy (non-hydrogen) atoms. The average Bonchev–Trinajstić information content (AvgIpc) is 3.19. The molecule has 1 aromatic rings. The normalized spacial score (nSPS) is 25.7. The summed E-state index contributed by atoms with van der Waals surface area (Å²) in [6, 6.07) is 9.40. The predicted molar refractivity (Wildman–Crippen MR) is 89.4 cm³/mol. The van der Waals surface area contributed by atoms with E-state index < -0.39 is 0 Å². The largest absolute Gasteiger partial charge is 0.381 e. The Kier molecular flexibility index (Phi) is 4.99. The Morgan fingerprint density at radius 1 is 1.33 bits per heavy atom. The molecule has 0 spiro atoms. The number of hydrogen-bond acceptors (Lipinski definition) is 3. The summed E-state index contributed by atoms with van der Waals surface area (Å²) in [5.41, 5.74) is 1.66. The lowest BCUT2D eigenvalue weighted by atomic mass is 9.86. The van der Waals surface area contributed by atoms with E-state index in [4.69, 9.17) is 4.74 Å². The minimum atomic E-state index is 0.298. The molecular formula is C17H25BrN2O. The van der Waals surface area contributed by atoms with E-state index in [1.165, 1.54) is 24.8 Å². The first-order valence-electron chi connectivity index (χ1n) is 7.89. The summed E-state index contributed by atoms with van der Waals surface area (Å²) in [5.74, 6) is 0. The van der Waals surface area contributed by atoms with E-state index >= 15 is 0 Å². The zero-order chi connectivity index (χ0) is 14.7. The van der Waals surface area contributed by atoms with Crippen LogP contribution in [-0.4, -0.2) is 44.3 Å². The van der Waals surface area contributed by atoms with E-state index in [0.29, 0.717) is 5.41 Å². The molecule has 1 saturated heterocycles. The minimum Gasteiger partial charge on any atom is -0.381 e. The van der Waals surface area contributed by atoms with Crippen LogP contribution in [0.4, 0.5) is 0 Å². The molecule has 116 valence electrons. The zero-order valence-electron chi connectivity index (χ0n) is 12.8. The van der Waals surface area contributed by atoms with E-state index in [2.05, 4.69) is 57.5 Å². The van der Waals surface area contributed by atoms with Gasteiger partial charge in [-0.25, -0.2) is 0 Å². The minimum absolute atomic E-state index is 0.298. The van der Waals surface area contributed by atoms with Crippen LogP contribution in [0.15, 0.2) is 28.7 Å². The van der Waals surface area contributed by atoms with Gasteiger partial charge in [-0.3, -0.25) is 0 Å². The van der Waals surface area contributed by atoms with Crippen LogP contribution in [0.3, 0.4) is 0 Å². The molecule has 2 fully saturated rings. The Morgan fingerprint density at radius 3 is 2.71 bits per heavy atom. The Bertz CT molecular complexity index is 452. The number of nitrogens with zero attached hydrogens (tertiary/aromatic N) is 1. The first kappa shape index (κ1) is 15.5. The second-order valence-corrected chi connectivity index (χ2v) is 7.67. The molecule has 1 heterocycles. The van der Waals surface area contributed by atoms with Crippen molar-refractivity contribution in [1.82, 2.24) is 10.2 Å². The third kappa shape index (κ3) is 4.52. The van der Waals surface area contributed by atoms with Gasteiger partial charge in [-0.2, -0.15) is 0 Å². The van der Waals surface area contributed by atoms with Gasteiger partial charge in [0, 0.05) is 42.2 Å². The van der Waals surface area contributed by atoms with Gasteiger partial charge in [0.05, 0.1) is 6.61 Å². The third-order valence-electron chi connectivity index (χ3n) is 4.50. The lowest BCUT2D eigenvalue weighted by molar-refractivity contribution is 0.116. The van der Waals surface area contributed by atoms with Gasteiger partial charge >= 0.3 is 0 Å². The van der Waals surface area contributed by atoms with Crippen molar-refractivity contribution in [3.63, 3.8) is 0 Å². The standard InChI is InChI=1S/C17H25BrN2O/c1-20(10-14-2-4-15(18)5-3-14)12-17(8-9-21-13-17)11-19-16-6-7-16/h2-5,16,19H,6-13H2,1H3. The van der Waals surface area contributed by atoms with Gasteiger partial charge in [-0.05, 0) is 44.0 Å². The molecule has 2 aliphatic rings. The molecule has 4 heteroatoms. The van der Waals surface area contributed by atoms with Crippen LogP contribution < -0.4 is 5.32 Å². The quantitative estimate of drug-likeness (QED) is 0.816. The molecule has 0 radical (unpaired) electrons. The molecule has 0 amide bonds. The van der Waals surface area contributed by atoms with Crippen LogP contribution >= 0.6 is 15.9 Å². The van der Waals surface area contributed by atoms with E-state index in [0.717, 1.165) is 43.4 Å². The average molecular weight is 353 g/mol. The second kappa shape index (κ2) is 6.78. The first-order valence-corrected chi connectivity index (χ1v) is 8.69. The predicted octanol–water partition coefficient (Wildman–Crippen LogP) is 3.04. The van der Waals surface area contributed by atoms with Gasteiger partial charge in [0.25, 0.3) is 0 Å². The van der Waals surface area contributed by atoms with Crippen molar-refractivity contribution in [2.45, 2.75) is 31.8 Å². The maximum atomic E-state index is 5.71. The van der Waals surface area contributed by atoms with Crippen molar-refractivity contribution in [3.8, 4) is 0 Å². The van der Waals surface area contributed by atoms with Crippen LogP contribution in [0, 0.1) is 5.41 Å². The molecule has 1 aliphatic carbocycles. The van der Waals surface area contributed by atoms with Crippen molar-refractivity contribution in [2.75, 3.05) is 33.4 Å². The number of nitrogens with one attached hydrogen (secondary N) is 1. The van der Waals surface area contributed by atoms with Crippen LogP contribution in [-0.2, 0) is 11.3 Å². The fraction of sp³-hybridized carbons (Fsp3) is 0.647. The van der Waals surface area contributed by atoms with Crippen molar-refractivity contribution >= 4 is 15.9 Å². The maximum absolute atomic E-state index is 5.71. The van der Waals surface area contributed by atoms with Crippen molar-refractivity contribution in [1.29, 1.82) is 0 Å². The monoisotopic (exact) mass is 352 g/mol. The molecule has 0 aromatic heterocycles. The highest BCUT2D eigenvalue weighted by atomic mass is 79.9. The van der Waals surface area contributed by atoms with E-state index in [-0.39, 0.29) is 0 Å². The summed E-state index contributed by atoms with van der Waals surface area (Å²) in [6.45, 7) is 5.01. The van der Waals surface area contributed by atoms with Gasteiger partial charge < -0.3 is 15.0 Å². The highest BCUT2D eigenvalue weighted by Crippen LogP contribution is 2.31. The van der Waals surface area contributed by atoms with Crippen LogP contribution in [0.1, 0.15) is 24.8 Å². The third-order valence-corrected chi connectivity index (χ3v) is 5.03. The van der Waals surface area contributed by atoms with Crippen molar-refractivity contribution in [3.05, 3.63) is 34.3 Å². The van der Waals surface area contributed by atoms with Gasteiger partial charge in [-0.1, -0.05) is 28.1 Å². The SMILES string of the molecule is CN(Cc1ccc(Br)cc1)CC1(CNC2CC2)CCOC1. The van der Waals surface area contributed by atoms with E-state index in [9.17, 15) is 0 Å². The van der Waals surface area contributed by atoms with E-state index in [1.807, 2.05) is 0 Å².